The first-order valence-corrected chi connectivity index (χ1v) is 6.68. The first kappa shape index (κ1) is 13.7. The number of carbonyl (C=O) groups is 1. The van der Waals surface area contributed by atoms with Gasteiger partial charge in [0.15, 0.2) is 0 Å². The second-order valence-electron chi connectivity index (χ2n) is 4.31. The third-order valence-corrected chi connectivity index (χ3v) is 3.59. The number of pyridine rings is 2. The van der Waals surface area contributed by atoms with Gasteiger partial charge in [-0.3, -0.25) is 9.78 Å². The molecule has 19 heavy (non-hydrogen) atoms. The lowest BCUT2D eigenvalue weighted by atomic mass is 10.1. The van der Waals surface area contributed by atoms with Crippen molar-refractivity contribution in [1.82, 2.24) is 9.97 Å². The van der Waals surface area contributed by atoms with Gasteiger partial charge in [0.2, 0.25) is 5.91 Å². The van der Waals surface area contributed by atoms with Crippen molar-refractivity contribution in [3.63, 3.8) is 0 Å². The van der Waals surface area contributed by atoms with E-state index < -0.39 is 0 Å². The Morgan fingerprint density at radius 2 is 2.11 bits per heavy atom. The quantitative estimate of drug-likeness (QED) is 0.946. The summed E-state index contributed by atoms with van der Waals surface area (Å²) in [4.78, 5) is 20.3. The van der Waals surface area contributed by atoms with Crippen LogP contribution in [0.3, 0.4) is 0 Å². The summed E-state index contributed by atoms with van der Waals surface area (Å²) in [6, 6.07) is 5.63. The first-order chi connectivity index (χ1) is 9.06. The molecule has 0 atom stereocenters. The lowest BCUT2D eigenvalue weighted by molar-refractivity contribution is -0.115. The van der Waals surface area contributed by atoms with Crippen molar-refractivity contribution < 1.29 is 4.79 Å². The van der Waals surface area contributed by atoms with E-state index in [0.29, 0.717) is 5.82 Å². The van der Waals surface area contributed by atoms with Crippen molar-refractivity contribution in [2.24, 2.45) is 0 Å². The highest BCUT2D eigenvalue weighted by Gasteiger charge is 2.08. The average Bonchev–Trinajstić information content (AvgIpc) is 2.37. The molecule has 0 aliphatic rings. The fourth-order valence-electron chi connectivity index (χ4n) is 1.65. The van der Waals surface area contributed by atoms with Gasteiger partial charge in [0.1, 0.15) is 5.82 Å². The molecule has 0 radical (unpaired) electrons. The second kappa shape index (κ2) is 5.93. The van der Waals surface area contributed by atoms with E-state index in [0.717, 1.165) is 21.3 Å². The van der Waals surface area contributed by atoms with Crippen LogP contribution in [-0.4, -0.2) is 15.9 Å². The maximum absolute atomic E-state index is 11.9. The van der Waals surface area contributed by atoms with Gasteiger partial charge in [-0.15, -0.1) is 0 Å². The Hall–Kier alpha value is -1.75. The molecule has 2 aromatic heterocycles. The fourth-order valence-corrected chi connectivity index (χ4v) is 1.87. The molecule has 0 aliphatic heterocycles. The largest absolute Gasteiger partial charge is 0.310 e. The summed E-state index contributed by atoms with van der Waals surface area (Å²) in [6.07, 6.45) is 3.62. The summed E-state index contributed by atoms with van der Waals surface area (Å²) in [5, 5.41) is 2.77. The Kier molecular flexibility index (Phi) is 4.27. The molecule has 2 aromatic rings. The van der Waals surface area contributed by atoms with Crippen molar-refractivity contribution >= 4 is 27.7 Å². The summed E-state index contributed by atoms with van der Waals surface area (Å²) >= 11 is 3.37. The number of aromatic nitrogens is 2. The number of hydrogen-bond donors (Lipinski definition) is 1. The number of rotatable bonds is 3. The van der Waals surface area contributed by atoms with Gasteiger partial charge in [0, 0.05) is 16.9 Å². The lowest BCUT2D eigenvalue weighted by Gasteiger charge is -2.07. The molecular weight excluding hydrogens is 306 g/mol. The van der Waals surface area contributed by atoms with Crippen molar-refractivity contribution in [3.8, 4) is 0 Å². The smallest absolute Gasteiger partial charge is 0.231 e. The van der Waals surface area contributed by atoms with Gasteiger partial charge in [-0.05, 0) is 53.0 Å². The van der Waals surface area contributed by atoms with E-state index in [2.05, 4.69) is 31.2 Å². The summed E-state index contributed by atoms with van der Waals surface area (Å²) in [7, 11) is 0. The Morgan fingerprint density at radius 3 is 2.79 bits per heavy atom. The number of hydrogen-bond acceptors (Lipinski definition) is 3. The van der Waals surface area contributed by atoms with Crippen molar-refractivity contribution in [2.75, 3.05) is 5.32 Å². The van der Waals surface area contributed by atoms with Crippen LogP contribution in [0, 0.1) is 13.8 Å². The molecule has 2 rings (SSSR count). The van der Waals surface area contributed by atoms with Crippen LogP contribution < -0.4 is 5.32 Å². The molecule has 1 amide bonds. The normalized spacial score (nSPS) is 10.3. The second-order valence-corrected chi connectivity index (χ2v) is 5.17. The number of amides is 1. The minimum absolute atomic E-state index is 0.115. The highest BCUT2D eigenvalue weighted by atomic mass is 79.9. The number of anilines is 1. The Morgan fingerprint density at radius 1 is 1.32 bits per heavy atom. The molecule has 0 saturated carbocycles. The van der Waals surface area contributed by atoms with Gasteiger partial charge >= 0.3 is 0 Å². The molecule has 5 heteroatoms. The highest BCUT2D eigenvalue weighted by Crippen LogP contribution is 2.17. The molecule has 0 bridgehead atoms. The van der Waals surface area contributed by atoms with Crippen LogP contribution in [0.25, 0.3) is 0 Å². The van der Waals surface area contributed by atoms with Gasteiger partial charge in [-0.25, -0.2) is 4.98 Å². The van der Waals surface area contributed by atoms with Crippen LogP contribution in [0.2, 0.25) is 0 Å². The molecule has 0 aromatic carbocycles. The molecule has 0 aliphatic carbocycles. The summed E-state index contributed by atoms with van der Waals surface area (Å²) < 4.78 is 0.922. The zero-order valence-corrected chi connectivity index (χ0v) is 12.4. The molecule has 1 N–H and O–H groups in total. The first-order valence-electron chi connectivity index (χ1n) is 5.89. The van der Waals surface area contributed by atoms with E-state index in [1.807, 2.05) is 32.0 Å². The summed E-state index contributed by atoms with van der Waals surface area (Å²) in [5.74, 6) is 0.440. The number of carbonyl (C=O) groups excluding carboxylic acids is 1. The van der Waals surface area contributed by atoms with E-state index in [4.69, 9.17) is 0 Å². The Bertz CT molecular complexity index is 613. The van der Waals surface area contributed by atoms with Crippen molar-refractivity contribution in [3.05, 3.63) is 51.9 Å². The van der Waals surface area contributed by atoms with Crippen LogP contribution in [-0.2, 0) is 11.2 Å². The monoisotopic (exact) mass is 319 g/mol. The van der Waals surface area contributed by atoms with Crippen LogP contribution in [0.1, 0.15) is 16.8 Å². The number of aryl methyl sites for hydroxylation is 2. The number of nitrogens with one attached hydrogen (secondary N) is 1. The standard InChI is InChI=1S/C14H14BrN3O/c1-9-4-3-5-16-12(9)7-14(19)18-13-6-10(2)11(15)8-17-13/h3-6,8H,7H2,1-2H3,(H,17,18,19). The van der Waals surface area contributed by atoms with Gasteiger partial charge < -0.3 is 5.32 Å². The third-order valence-electron chi connectivity index (χ3n) is 2.76. The molecule has 98 valence electrons. The topological polar surface area (TPSA) is 54.9 Å². The zero-order valence-electron chi connectivity index (χ0n) is 10.8. The molecular formula is C14H14BrN3O. The minimum Gasteiger partial charge on any atom is -0.310 e. The maximum atomic E-state index is 11.9. The number of halogens is 1. The Labute approximate surface area is 120 Å². The lowest BCUT2D eigenvalue weighted by Crippen LogP contribution is -2.16. The molecule has 0 saturated heterocycles. The van der Waals surface area contributed by atoms with E-state index in [-0.39, 0.29) is 12.3 Å². The number of nitrogens with zero attached hydrogens (tertiary/aromatic N) is 2. The van der Waals surface area contributed by atoms with Crippen LogP contribution in [0.5, 0.6) is 0 Å². The molecule has 4 nitrogen and oxygen atoms in total. The summed E-state index contributed by atoms with van der Waals surface area (Å²) in [6.45, 7) is 3.89. The third kappa shape index (κ3) is 3.61. The van der Waals surface area contributed by atoms with Gasteiger partial charge in [0.05, 0.1) is 12.1 Å². The van der Waals surface area contributed by atoms with Gasteiger partial charge in [0.25, 0.3) is 0 Å². The van der Waals surface area contributed by atoms with Crippen molar-refractivity contribution in [1.29, 1.82) is 0 Å². The van der Waals surface area contributed by atoms with Crippen molar-refractivity contribution in [2.45, 2.75) is 20.3 Å². The van der Waals surface area contributed by atoms with E-state index >= 15 is 0 Å². The van der Waals surface area contributed by atoms with E-state index in [9.17, 15) is 4.79 Å². The van der Waals surface area contributed by atoms with Crippen LogP contribution in [0.15, 0.2) is 35.1 Å². The molecule has 0 unspecified atom stereocenters. The van der Waals surface area contributed by atoms with Crippen LogP contribution >= 0.6 is 15.9 Å². The van der Waals surface area contributed by atoms with Crippen LogP contribution in [0.4, 0.5) is 5.82 Å². The minimum atomic E-state index is -0.115. The van der Waals surface area contributed by atoms with Gasteiger partial charge in [-0.1, -0.05) is 6.07 Å². The highest BCUT2D eigenvalue weighted by molar-refractivity contribution is 9.10. The Balaban J connectivity index is 2.05. The van der Waals surface area contributed by atoms with E-state index in [1.54, 1.807) is 12.4 Å². The summed E-state index contributed by atoms with van der Waals surface area (Å²) in [5.41, 5.74) is 2.82. The molecule has 0 fully saturated rings. The fraction of sp³-hybridized carbons (Fsp3) is 0.214. The predicted octanol–water partition coefficient (Wildman–Crippen LogP) is 3.04. The van der Waals surface area contributed by atoms with E-state index in [1.165, 1.54) is 0 Å². The SMILES string of the molecule is Cc1cc(NC(=O)Cc2ncccc2C)ncc1Br. The average molecular weight is 320 g/mol. The zero-order chi connectivity index (χ0) is 13.8. The molecule has 2 heterocycles. The molecule has 0 spiro atoms. The predicted molar refractivity (Wildman–Crippen MR) is 78.0 cm³/mol. The maximum Gasteiger partial charge on any atom is 0.231 e. The van der Waals surface area contributed by atoms with Gasteiger partial charge in [-0.2, -0.15) is 0 Å².